The van der Waals surface area contributed by atoms with Gasteiger partial charge in [-0.15, -0.1) is 0 Å². The van der Waals surface area contributed by atoms with E-state index >= 15 is 0 Å². The number of nitrogens with one attached hydrogen (secondary N) is 2. The molecule has 0 aliphatic heterocycles. The summed E-state index contributed by atoms with van der Waals surface area (Å²) in [5.74, 6) is 0.230. The number of rotatable bonds is 7. The molecule has 23 heavy (non-hydrogen) atoms. The van der Waals surface area contributed by atoms with Gasteiger partial charge in [0.05, 0.1) is 0 Å². The molecule has 0 fully saturated rings. The van der Waals surface area contributed by atoms with Crippen LogP contribution in [0.3, 0.4) is 0 Å². The van der Waals surface area contributed by atoms with Crippen molar-refractivity contribution in [1.29, 1.82) is 0 Å². The Morgan fingerprint density at radius 2 is 1.57 bits per heavy atom. The largest absolute Gasteiger partial charge is 0.484 e. The summed E-state index contributed by atoms with van der Waals surface area (Å²) in [6, 6.07) is 16.2. The zero-order valence-corrected chi connectivity index (χ0v) is 14.0. The molecule has 0 spiro atoms. The number of carbonyl (C=O) groups excluding carboxylic acids is 2. The van der Waals surface area contributed by atoms with E-state index in [4.69, 9.17) is 4.74 Å². The molecular formula is C17H17BrN2O3. The van der Waals surface area contributed by atoms with Crippen LogP contribution in [0, 0.1) is 0 Å². The number of ether oxygens (including phenoxy) is 1. The molecule has 6 heteroatoms. The Bertz CT molecular complexity index is 645. The number of carbonyl (C=O) groups is 2. The molecule has 0 aromatic heterocycles. The van der Waals surface area contributed by atoms with Crippen molar-refractivity contribution in [2.24, 2.45) is 0 Å². The highest BCUT2D eigenvalue weighted by atomic mass is 79.9. The van der Waals surface area contributed by atoms with E-state index in [0.29, 0.717) is 24.4 Å². The van der Waals surface area contributed by atoms with Gasteiger partial charge in [0.2, 0.25) is 0 Å². The number of hydrogen-bond acceptors (Lipinski definition) is 3. The van der Waals surface area contributed by atoms with Crippen LogP contribution in [-0.4, -0.2) is 31.5 Å². The minimum atomic E-state index is -0.234. The van der Waals surface area contributed by atoms with Crippen molar-refractivity contribution in [3.05, 3.63) is 64.6 Å². The van der Waals surface area contributed by atoms with E-state index in [2.05, 4.69) is 26.6 Å². The van der Waals surface area contributed by atoms with Crippen molar-refractivity contribution in [3.63, 3.8) is 0 Å². The summed E-state index contributed by atoms with van der Waals surface area (Å²) in [5, 5.41) is 5.42. The molecule has 0 atom stereocenters. The Morgan fingerprint density at radius 3 is 2.26 bits per heavy atom. The van der Waals surface area contributed by atoms with Crippen molar-refractivity contribution in [2.45, 2.75) is 0 Å². The second-order valence-electron chi connectivity index (χ2n) is 4.71. The van der Waals surface area contributed by atoms with Crippen LogP contribution in [-0.2, 0) is 4.79 Å². The SMILES string of the molecule is O=C(COc1ccc(Br)cc1)NCCNC(=O)c1ccccc1. The highest BCUT2D eigenvalue weighted by molar-refractivity contribution is 9.10. The molecule has 2 rings (SSSR count). The maximum atomic E-state index is 11.8. The fourth-order valence-corrected chi connectivity index (χ4v) is 2.06. The van der Waals surface area contributed by atoms with E-state index in [-0.39, 0.29) is 18.4 Å². The number of amides is 2. The van der Waals surface area contributed by atoms with Crippen LogP contribution in [0.4, 0.5) is 0 Å². The lowest BCUT2D eigenvalue weighted by molar-refractivity contribution is -0.123. The second kappa shape index (κ2) is 8.95. The molecule has 0 aliphatic carbocycles. The molecule has 2 aromatic rings. The average Bonchev–Trinajstić information content (AvgIpc) is 2.59. The number of benzene rings is 2. The highest BCUT2D eigenvalue weighted by Crippen LogP contribution is 2.15. The summed E-state index contributed by atoms with van der Waals surface area (Å²) in [6.07, 6.45) is 0. The Kier molecular flexibility index (Phi) is 6.62. The normalized spacial score (nSPS) is 9.96. The molecule has 2 aromatic carbocycles. The lowest BCUT2D eigenvalue weighted by atomic mass is 10.2. The van der Waals surface area contributed by atoms with Gasteiger partial charge in [-0.1, -0.05) is 34.1 Å². The predicted octanol–water partition coefficient (Wildman–Crippen LogP) is 2.37. The first kappa shape index (κ1) is 17.0. The van der Waals surface area contributed by atoms with E-state index in [1.807, 2.05) is 18.2 Å². The van der Waals surface area contributed by atoms with Crippen molar-refractivity contribution in [3.8, 4) is 5.75 Å². The van der Waals surface area contributed by atoms with Crippen molar-refractivity contribution in [1.82, 2.24) is 10.6 Å². The summed E-state index contributed by atoms with van der Waals surface area (Å²) < 4.78 is 6.30. The lowest BCUT2D eigenvalue weighted by Gasteiger charge is -2.08. The fourth-order valence-electron chi connectivity index (χ4n) is 1.80. The first-order valence-electron chi connectivity index (χ1n) is 7.13. The zero-order valence-electron chi connectivity index (χ0n) is 12.4. The van der Waals surface area contributed by atoms with Crippen LogP contribution in [0.2, 0.25) is 0 Å². The minimum absolute atomic E-state index is 0.0612. The molecule has 0 saturated carbocycles. The van der Waals surface area contributed by atoms with Gasteiger partial charge >= 0.3 is 0 Å². The van der Waals surface area contributed by atoms with Crippen LogP contribution < -0.4 is 15.4 Å². The summed E-state index contributed by atoms with van der Waals surface area (Å²) in [6.45, 7) is 0.646. The monoisotopic (exact) mass is 376 g/mol. The topological polar surface area (TPSA) is 67.4 Å². The highest BCUT2D eigenvalue weighted by Gasteiger charge is 2.05. The van der Waals surface area contributed by atoms with Crippen LogP contribution in [0.25, 0.3) is 0 Å². The third kappa shape index (κ3) is 6.12. The van der Waals surface area contributed by atoms with Gasteiger partial charge in [0.1, 0.15) is 5.75 Å². The lowest BCUT2D eigenvalue weighted by Crippen LogP contribution is -2.36. The van der Waals surface area contributed by atoms with Crippen LogP contribution in [0.1, 0.15) is 10.4 Å². The minimum Gasteiger partial charge on any atom is -0.484 e. The summed E-state index contributed by atoms with van der Waals surface area (Å²) in [7, 11) is 0. The van der Waals surface area contributed by atoms with E-state index in [0.717, 1.165) is 4.47 Å². The van der Waals surface area contributed by atoms with E-state index in [1.54, 1.807) is 36.4 Å². The maximum absolute atomic E-state index is 11.8. The van der Waals surface area contributed by atoms with Gasteiger partial charge in [-0.05, 0) is 36.4 Å². The molecule has 0 aliphatic rings. The Hall–Kier alpha value is -2.34. The molecular weight excluding hydrogens is 360 g/mol. The number of halogens is 1. The van der Waals surface area contributed by atoms with Crippen LogP contribution in [0.5, 0.6) is 5.75 Å². The average molecular weight is 377 g/mol. The van der Waals surface area contributed by atoms with Crippen molar-refractivity contribution >= 4 is 27.7 Å². The molecule has 2 N–H and O–H groups in total. The zero-order chi connectivity index (χ0) is 16.5. The van der Waals surface area contributed by atoms with Crippen molar-refractivity contribution in [2.75, 3.05) is 19.7 Å². The third-order valence-corrected chi connectivity index (χ3v) is 3.48. The second-order valence-corrected chi connectivity index (χ2v) is 5.63. The Balaban J connectivity index is 1.61. The first-order valence-corrected chi connectivity index (χ1v) is 7.93. The van der Waals surface area contributed by atoms with Crippen LogP contribution in [0.15, 0.2) is 59.1 Å². The Labute approximate surface area is 143 Å². The molecule has 0 saturated heterocycles. The summed E-state index contributed by atoms with van der Waals surface area (Å²) in [5.41, 5.74) is 0.595. The van der Waals surface area contributed by atoms with Gasteiger partial charge < -0.3 is 15.4 Å². The quantitative estimate of drug-likeness (QED) is 0.729. The molecule has 120 valence electrons. The van der Waals surface area contributed by atoms with Gasteiger partial charge in [0.15, 0.2) is 6.61 Å². The summed E-state index contributed by atoms with van der Waals surface area (Å²) in [4.78, 5) is 23.4. The maximum Gasteiger partial charge on any atom is 0.258 e. The molecule has 0 radical (unpaired) electrons. The van der Waals surface area contributed by atoms with Gasteiger partial charge in [0, 0.05) is 23.1 Å². The molecule has 0 unspecified atom stereocenters. The third-order valence-electron chi connectivity index (χ3n) is 2.95. The van der Waals surface area contributed by atoms with E-state index in [1.165, 1.54) is 0 Å². The fraction of sp³-hybridized carbons (Fsp3) is 0.176. The Morgan fingerprint density at radius 1 is 0.913 bits per heavy atom. The molecule has 0 bridgehead atoms. The van der Waals surface area contributed by atoms with Gasteiger partial charge in [-0.25, -0.2) is 0 Å². The summed E-state index contributed by atoms with van der Waals surface area (Å²) >= 11 is 3.33. The van der Waals surface area contributed by atoms with Crippen molar-refractivity contribution < 1.29 is 14.3 Å². The molecule has 0 heterocycles. The molecule has 2 amide bonds. The molecule has 5 nitrogen and oxygen atoms in total. The first-order chi connectivity index (χ1) is 11.1. The van der Waals surface area contributed by atoms with E-state index < -0.39 is 0 Å². The van der Waals surface area contributed by atoms with E-state index in [9.17, 15) is 9.59 Å². The predicted molar refractivity (Wildman–Crippen MR) is 91.4 cm³/mol. The smallest absolute Gasteiger partial charge is 0.258 e. The standard InChI is InChI=1S/C17H17BrN2O3/c18-14-6-8-15(9-7-14)23-12-16(21)19-10-11-20-17(22)13-4-2-1-3-5-13/h1-9H,10-12H2,(H,19,21)(H,20,22). The van der Waals surface area contributed by atoms with Crippen LogP contribution >= 0.6 is 15.9 Å². The van der Waals surface area contributed by atoms with Gasteiger partial charge in [-0.2, -0.15) is 0 Å². The van der Waals surface area contributed by atoms with Gasteiger partial charge in [0.25, 0.3) is 11.8 Å². The number of hydrogen-bond donors (Lipinski definition) is 2. The van der Waals surface area contributed by atoms with Gasteiger partial charge in [-0.3, -0.25) is 9.59 Å².